The molecule has 7 heteroatoms. The van der Waals surface area contributed by atoms with Crippen molar-refractivity contribution >= 4 is 44.8 Å². The Labute approximate surface area is 195 Å². The van der Waals surface area contributed by atoms with Gasteiger partial charge in [-0.2, -0.15) is 0 Å². The van der Waals surface area contributed by atoms with Crippen molar-refractivity contribution in [1.82, 2.24) is 0 Å². The molecule has 0 bridgehead atoms. The highest BCUT2D eigenvalue weighted by molar-refractivity contribution is 9.10. The minimum absolute atomic E-state index is 0.195. The zero-order valence-corrected chi connectivity index (χ0v) is 19.1. The van der Waals surface area contributed by atoms with Gasteiger partial charge in [0.2, 0.25) is 0 Å². The first kappa shape index (κ1) is 21.6. The van der Waals surface area contributed by atoms with E-state index in [0.717, 1.165) is 26.0 Å². The van der Waals surface area contributed by atoms with Gasteiger partial charge in [0.05, 0.1) is 10.6 Å². The topological polar surface area (TPSA) is 46.5 Å². The third kappa shape index (κ3) is 4.82. The van der Waals surface area contributed by atoms with Crippen LogP contribution >= 0.6 is 38.9 Å². The van der Waals surface area contributed by atoms with Crippen molar-refractivity contribution in [1.29, 1.82) is 0 Å². The van der Waals surface area contributed by atoms with Gasteiger partial charge in [0.1, 0.15) is 18.2 Å². The second-order valence-corrected chi connectivity index (χ2v) is 8.95. The van der Waals surface area contributed by atoms with Gasteiger partial charge in [-0.1, -0.05) is 45.7 Å². The van der Waals surface area contributed by atoms with Crippen molar-refractivity contribution in [2.24, 2.45) is 0 Å². The number of rotatable bonds is 6. The average molecular weight is 518 g/mol. The summed E-state index contributed by atoms with van der Waals surface area (Å²) in [4.78, 5) is 12.2. The highest BCUT2D eigenvalue weighted by atomic mass is 79.9. The van der Waals surface area contributed by atoms with Crippen molar-refractivity contribution in [3.63, 3.8) is 0 Å². The molecule has 1 N–H and O–H groups in total. The molecule has 0 radical (unpaired) electrons. The smallest absolute Gasteiger partial charge is 0.335 e. The number of hydrogen-bond acceptors (Lipinski definition) is 3. The van der Waals surface area contributed by atoms with Crippen LogP contribution in [-0.4, -0.2) is 11.1 Å². The van der Waals surface area contributed by atoms with Crippen LogP contribution in [0.25, 0.3) is 21.6 Å². The maximum atomic E-state index is 13.3. The average Bonchev–Trinajstić information content (AvgIpc) is 3.23. The van der Waals surface area contributed by atoms with Crippen LogP contribution in [0.3, 0.4) is 0 Å². The Morgan fingerprint density at radius 1 is 1.03 bits per heavy atom. The van der Waals surface area contributed by atoms with Crippen LogP contribution in [0, 0.1) is 5.82 Å². The summed E-state index contributed by atoms with van der Waals surface area (Å²) in [7, 11) is 0. The van der Waals surface area contributed by atoms with Gasteiger partial charge in [-0.05, 0) is 59.5 Å². The number of thiophene rings is 1. The maximum absolute atomic E-state index is 13.3. The van der Waals surface area contributed by atoms with E-state index in [2.05, 4.69) is 15.9 Å². The third-order valence-corrected chi connectivity index (χ3v) is 6.50. The lowest BCUT2D eigenvalue weighted by molar-refractivity contribution is 0.0697. The predicted molar refractivity (Wildman–Crippen MR) is 126 cm³/mol. The number of aromatic carboxylic acids is 1. The summed E-state index contributed by atoms with van der Waals surface area (Å²) in [6.07, 6.45) is 0. The maximum Gasteiger partial charge on any atom is 0.335 e. The monoisotopic (exact) mass is 516 g/mol. The summed E-state index contributed by atoms with van der Waals surface area (Å²) in [5, 5.41) is 11.4. The van der Waals surface area contributed by atoms with E-state index in [0.29, 0.717) is 16.3 Å². The fourth-order valence-electron chi connectivity index (χ4n) is 3.14. The lowest BCUT2D eigenvalue weighted by Gasteiger charge is -2.14. The van der Waals surface area contributed by atoms with Gasteiger partial charge in [0.15, 0.2) is 0 Å². The Morgan fingerprint density at radius 3 is 2.52 bits per heavy atom. The second kappa shape index (κ2) is 9.22. The Bertz CT molecular complexity index is 1250. The molecule has 0 unspecified atom stereocenters. The standard InChI is InChI=1S/C24H15BrClFO3S/c25-17-6-8-22(30-13-16-5-7-18(27)12-21(16)26)20(11-17)19-9-10-31-23(19)14-1-3-15(4-2-14)24(28)29/h1-12H,13H2,(H,28,29). The minimum atomic E-state index is -0.958. The summed E-state index contributed by atoms with van der Waals surface area (Å²) in [6, 6.07) is 18.7. The number of carbonyl (C=O) groups is 1. The summed E-state index contributed by atoms with van der Waals surface area (Å²) in [5.74, 6) is -0.694. The number of carboxylic acids is 1. The van der Waals surface area contributed by atoms with Crippen LogP contribution in [0.2, 0.25) is 5.02 Å². The molecule has 4 aromatic rings. The van der Waals surface area contributed by atoms with Crippen LogP contribution in [0.5, 0.6) is 5.75 Å². The highest BCUT2D eigenvalue weighted by Gasteiger charge is 2.15. The molecular formula is C24H15BrClFO3S. The van der Waals surface area contributed by atoms with E-state index in [1.54, 1.807) is 41.7 Å². The van der Waals surface area contributed by atoms with Gasteiger partial charge < -0.3 is 9.84 Å². The molecule has 4 rings (SSSR count). The zero-order chi connectivity index (χ0) is 22.0. The van der Waals surface area contributed by atoms with E-state index in [4.69, 9.17) is 21.4 Å². The summed E-state index contributed by atoms with van der Waals surface area (Å²) >= 11 is 11.2. The summed E-state index contributed by atoms with van der Waals surface area (Å²) in [5.41, 5.74) is 3.69. The van der Waals surface area contributed by atoms with E-state index in [1.165, 1.54) is 12.1 Å². The van der Waals surface area contributed by atoms with Gasteiger partial charge >= 0.3 is 5.97 Å². The van der Waals surface area contributed by atoms with Crippen molar-refractivity contribution in [2.75, 3.05) is 0 Å². The Morgan fingerprint density at radius 2 is 1.81 bits per heavy atom. The molecule has 0 atom stereocenters. The van der Waals surface area contributed by atoms with Gasteiger partial charge in [0, 0.05) is 26.0 Å². The molecule has 156 valence electrons. The van der Waals surface area contributed by atoms with E-state index < -0.39 is 11.8 Å². The number of ether oxygens (including phenoxy) is 1. The highest BCUT2D eigenvalue weighted by Crippen LogP contribution is 2.42. The molecule has 0 amide bonds. The summed E-state index contributed by atoms with van der Waals surface area (Å²) < 4.78 is 20.3. The molecule has 0 saturated carbocycles. The molecular weight excluding hydrogens is 503 g/mol. The quantitative estimate of drug-likeness (QED) is 0.283. The van der Waals surface area contributed by atoms with Crippen LogP contribution < -0.4 is 4.74 Å². The van der Waals surface area contributed by atoms with Gasteiger partial charge in [-0.25, -0.2) is 9.18 Å². The van der Waals surface area contributed by atoms with Gasteiger partial charge in [-0.15, -0.1) is 11.3 Å². The third-order valence-electron chi connectivity index (χ3n) is 4.69. The largest absolute Gasteiger partial charge is 0.488 e. The SMILES string of the molecule is O=C(O)c1ccc(-c2sccc2-c2cc(Br)ccc2OCc2ccc(F)cc2Cl)cc1. The van der Waals surface area contributed by atoms with Crippen LogP contribution in [-0.2, 0) is 6.61 Å². The van der Waals surface area contributed by atoms with Crippen molar-refractivity contribution in [2.45, 2.75) is 6.61 Å². The van der Waals surface area contributed by atoms with Gasteiger partial charge in [-0.3, -0.25) is 0 Å². The first-order chi connectivity index (χ1) is 14.9. The van der Waals surface area contributed by atoms with Crippen LogP contribution in [0.1, 0.15) is 15.9 Å². The van der Waals surface area contributed by atoms with Crippen molar-refractivity contribution in [3.05, 3.63) is 98.5 Å². The zero-order valence-electron chi connectivity index (χ0n) is 15.9. The first-order valence-electron chi connectivity index (χ1n) is 9.20. The summed E-state index contributed by atoms with van der Waals surface area (Å²) in [6.45, 7) is 0.195. The van der Waals surface area contributed by atoms with E-state index in [1.807, 2.05) is 29.6 Å². The fraction of sp³-hybridized carbons (Fsp3) is 0.0417. The molecule has 0 aliphatic rings. The first-order valence-corrected chi connectivity index (χ1v) is 11.3. The molecule has 31 heavy (non-hydrogen) atoms. The van der Waals surface area contributed by atoms with E-state index >= 15 is 0 Å². The normalized spacial score (nSPS) is 10.8. The Balaban J connectivity index is 1.68. The molecule has 1 heterocycles. The molecule has 0 fully saturated rings. The molecule has 0 spiro atoms. The molecule has 3 nitrogen and oxygen atoms in total. The second-order valence-electron chi connectivity index (χ2n) is 6.71. The lowest BCUT2D eigenvalue weighted by Crippen LogP contribution is -1.98. The minimum Gasteiger partial charge on any atom is -0.488 e. The van der Waals surface area contributed by atoms with Crippen LogP contribution in [0.15, 0.2) is 76.6 Å². The molecule has 0 aliphatic carbocycles. The lowest BCUT2D eigenvalue weighted by atomic mass is 10.0. The van der Waals surface area contributed by atoms with Crippen molar-refractivity contribution < 1.29 is 19.0 Å². The predicted octanol–water partition coefficient (Wildman–Crippen LogP) is 7.91. The number of carboxylic acid groups (broad SMARTS) is 1. The Hall–Kier alpha value is -2.67. The Kier molecular flexibility index (Phi) is 6.41. The van der Waals surface area contributed by atoms with Crippen molar-refractivity contribution in [3.8, 4) is 27.3 Å². The fourth-order valence-corrected chi connectivity index (χ4v) is 4.64. The van der Waals surface area contributed by atoms with Crippen LogP contribution in [0.4, 0.5) is 4.39 Å². The molecule has 0 saturated heterocycles. The molecule has 1 aromatic heterocycles. The van der Waals surface area contributed by atoms with Gasteiger partial charge in [0.25, 0.3) is 0 Å². The number of benzene rings is 3. The van der Waals surface area contributed by atoms with E-state index in [9.17, 15) is 9.18 Å². The number of hydrogen-bond donors (Lipinski definition) is 1. The molecule has 3 aromatic carbocycles. The number of halogens is 3. The van der Waals surface area contributed by atoms with E-state index in [-0.39, 0.29) is 12.2 Å². The molecule has 0 aliphatic heterocycles.